The molecule has 0 amide bonds. The topological polar surface area (TPSA) is 46.5 Å². The molecule has 0 unspecified atom stereocenters. The summed E-state index contributed by atoms with van der Waals surface area (Å²) >= 11 is 0. The van der Waals surface area contributed by atoms with Crippen LogP contribution in [0, 0.1) is 0 Å². The molecule has 0 aliphatic rings. The molecule has 0 aliphatic carbocycles. The number of hydrogen-bond donors (Lipinski definition) is 1. The lowest BCUT2D eigenvalue weighted by atomic mass is 10.2. The minimum Gasteiger partial charge on any atom is -0.508 e. The van der Waals surface area contributed by atoms with E-state index in [1.54, 1.807) is 0 Å². The molecule has 0 aromatic heterocycles. The Morgan fingerprint density at radius 3 is 2.61 bits per heavy atom. The maximum absolute atomic E-state index is 11.5. The minimum absolute atomic E-state index is 0.133. The van der Waals surface area contributed by atoms with E-state index in [-0.39, 0.29) is 18.3 Å². The monoisotopic (exact) mass is 246 g/mol. The van der Waals surface area contributed by atoms with Gasteiger partial charge in [0.1, 0.15) is 12.4 Å². The Labute approximate surface area is 107 Å². The average Bonchev–Trinajstić information content (AvgIpc) is 2.38. The van der Waals surface area contributed by atoms with E-state index in [1.165, 1.54) is 24.3 Å². The van der Waals surface area contributed by atoms with E-state index in [9.17, 15) is 4.79 Å². The van der Waals surface area contributed by atoms with Crippen molar-refractivity contribution >= 4 is 5.97 Å². The van der Waals surface area contributed by atoms with E-state index in [0.29, 0.717) is 5.56 Å². The van der Waals surface area contributed by atoms with Crippen molar-refractivity contribution in [3.8, 4) is 5.75 Å². The summed E-state index contributed by atoms with van der Waals surface area (Å²) in [6.07, 6.45) is 8.74. The predicted octanol–water partition coefficient (Wildman–Crippen LogP) is 3.46. The summed E-state index contributed by atoms with van der Waals surface area (Å²) in [5, 5.41) is 9.09. The van der Waals surface area contributed by atoms with E-state index in [2.05, 4.69) is 6.58 Å². The van der Waals surface area contributed by atoms with Gasteiger partial charge >= 0.3 is 5.97 Å². The number of allylic oxidation sites excluding steroid dienone is 2. The normalized spacial score (nSPS) is 10.4. The molecule has 0 heterocycles. The van der Waals surface area contributed by atoms with Crippen LogP contribution in [0.4, 0.5) is 0 Å². The quantitative estimate of drug-likeness (QED) is 0.455. The number of unbranched alkanes of at least 4 members (excludes halogenated alkanes) is 2. The Bertz CT molecular complexity index is 404. The fourth-order valence-electron chi connectivity index (χ4n) is 1.37. The third kappa shape index (κ3) is 5.34. The van der Waals surface area contributed by atoms with Crippen molar-refractivity contribution in [3.63, 3.8) is 0 Å². The van der Waals surface area contributed by atoms with Gasteiger partial charge in [-0.2, -0.15) is 0 Å². The Morgan fingerprint density at radius 2 is 1.94 bits per heavy atom. The van der Waals surface area contributed by atoms with Gasteiger partial charge in [-0.15, -0.1) is 6.58 Å². The van der Waals surface area contributed by atoms with Crippen molar-refractivity contribution in [3.05, 3.63) is 54.6 Å². The Morgan fingerprint density at radius 1 is 1.22 bits per heavy atom. The molecule has 0 aliphatic heterocycles. The van der Waals surface area contributed by atoms with Gasteiger partial charge in [-0.25, -0.2) is 4.79 Å². The second-order valence-corrected chi connectivity index (χ2v) is 3.84. The number of ether oxygens (including phenoxy) is 1. The number of carbonyl (C=O) groups is 1. The molecule has 96 valence electrons. The Balaban J connectivity index is 2.25. The molecular weight excluding hydrogens is 228 g/mol. The molecule has 1 rings (SSSR count). The number of carbonyl (C=O) groups excluding carboxylic acids is 1. The van der Waals surface area contributed by atoms with Crippen LogP contribution in [-0.2, 0) is 4.74 Å². The molecule has 0 radical (unpaired) electrons. The summed E-state index contributed by atoms with van der Waals surface area (Å²) in [5.41, 5.74) is 0.438. The van der Waals surface area contributed by atoms with Crippen LogP contribution in [0.25, 0.3) is 0 Å². The second kappa shape index (κ2) is 8.12. The minimum atomic E-state index is -0.384. The number of phenolic OH excluding ortho intramolecular Hbond substituents is 1. The molecule has 0 spiro atoms. The highest BCUT2D eigenvalue weighted by atomic mass is 16.5. The van der Waals surface area contributed by atoms with Gasteiger partial charge in [-0.3, -0.25) is 0 Å². The molecule has 0 fully saturated rings. The predicted molar refractivity (Wildman–Crippen MR) is 71.6 cm³/mol. The fourth-order valence-corrected chi connectivity index (χ4v) is 1.37. The number of hydrogen-bond acceptors (Lipinski definition) is 3. The largest absolute Gasteiger partial charge is 0.508 e. The van der Waals surface area contributed by atoms with Crippen molar-refractivity contribution in [1.29, 1.82) is 0 Å². The first-order chi connectivity index (χ1) is 8.74. The van der Waals surface area contributed by atoms with Gasteiger partial charge in [0.25, 0.3) is 0 Å². The molecule has 1 aromatic carbocycles. The SMILES string of the molecule is C=CCCCC=CCOC(=O)c1ccc(O)cc1. The molecule has 0 atom stereocenters. The zero-order valence-electron chi connectivity index (χ0n) is 10.3. The molecule has 18 heavy (non-hydrogen) atoms. The smallest absolute Gasteiger partial charge is 0.338 e. The molecule has 0 saturated carbocycles. The number of esters is 1. The van der Waals surface area contributed by atoms with Crippen molar-refractivity contribution in [2.45, 2.75) is 19.3 Å². The van der Waals surface area contributed by atoms with E-state index < -0.39 is 0 Å². The van der Waals surface area contributed by atoms with Gasteiger partial charge < -0.3 is 9.84 Å². The lowest BCUT2D eigenvalue weighted by Gasteiger charge is -2.01. The van der Waals surface area contributed by atoms with Crippen molar-refractivity contribution in [2.75, 3.05) is 6.61 Å². The van der Waals surface area contributed by atoms with Crippen LogP contribution >= 0.6 is 0 Å². The van der Waals surface area contributed by atoms with Crippen molar-refractivity contribution < 1.29 is 14.6 Å². The standard InChI is InChI=1S/C15H18O3/c1-2-3-4-5-6-7-12-18-15(17)13-8-10-14(16)11-9-13/h2,6-11,16H,1,3-5,12H2. The Hall–Kier alpha value is -2.03. The van der Waals surface area contributed by atoms with Crippen molar-refractivity contribution in [2.24, 2.45) is 0 Å². The van der Waals surface area contributed by atoms with Gasteiger partial charge in [0.15, 0.2) is 0 Å². The summed E-state index contributed by atoms with van der Waals surface area (Å²) < 4.78 is 5.05. The van der Waals surface area contributed by atoms with Crippen molar-refractivity contribution in [1.82, 2.24) is 0 Å². The molecular formula is C15H18O3. The van der Waals surface area contributed by atoms with Crippen LogP contribution in [0.2, 0.25) is 0 Å². The van der Waals surface area contributed by atoms with Gasteiger partial charge in [0.05, 0.1) is 5.56 Å². The van der Waals surface area contributed by atoms with Crippen LogP contribution in [0.3, 0.4) is 0 Å². The molecule has 0 saturated heterocycles. The number of benzene rings is 1. The first-order valence-corrected chi connectivity index (χ1v) is 5.96. The highest BCUT2D eigenvalue weighted by molar-refractivity contribution is 5.89. The first-order valence-electron chi connectivity index (χ1n) is 5.96. The van der Waals surface area contributed by atoms with Crippen LogP contribution in [0.1, 0.15) is 29.6 Å². The summed E-state index contributed by atoms with van der Waals surface area (Å²) in [6.45, 7) is 3.92. The maximum Gasteiger partial charge on any atom is 0.338 e. The lowest BCUT2D eigenvalue weighted by molar-refractivity contribution is 0.0549. The summed E-state index contributed by atoms with van der Waals surface area (Å²) in [4.78, 5) is 11.5. The third-order valence-corrected chi connectivity index (χ3v) is 2.36. The first kappa shape index (κ1) is 14.0. The number of phenols is 1. The molecule has 1 N–H and O–H groups in total. The van der Waals surface area contributed by atoms with E-state index >= 15 is 0 Å². The number of rotatable bonds is 7. The molecule has 3 heteroatoms. The third-order valence-electron chi connectivity index (χ3n) is 2.36. The highest BCUT2D eigenvalue weighted by Gasteiger charge is 2.04. The zero-order chi connectivity index (χ0) is 13.2. The van der Waals surface area contributed by atoms with E-state index in [4.69, 9.17) is 9.84 Å². The Kier molecular flexibility index (Phi) is 6.33. The van der Waals surface area contributed by atoms with Crippen LogP contribution in [-0.4, -0.2) is 17.7 Å². The molecule has 3 nitrogen and oxygen atoms in total. The van der Waals surface area contributed by atoms with E-state index in [1.807, 2.05) is 18.2 Å². The summed E-state index contributed by atoms with van der Waals surface area (Å²) in [7, 11) is 0. The summed E-state index contributed by atoms with van der Waals surface area (Å²) in [6, 6.07) is 5.99. The molecule has 1 aromatic rings. The fraction of sp³-hybridized carbons (Fsp3) is 0.267. The van der Waals surface area contributed by atoms with E-state index in [0.717, 1.165) is 19.3 Å². The zero-order valence-corrected chi connectivity index (χ0v) is 10.3. The summed E-state index contributed by atoms with van der Waals surface area (Å²) in [5.74, 6) is -0.251. The average molecular weight is 246 g/mol. The molecule has 0 bridgehead atoms. The second-order valence-electron chi connectivity index (χ2n) is 3.84. The lowest BCUT2D eigenvalue weighted by Crippen LogP contribution is -2.04. The van der Waals surface area contributed by atoms with Gasteiger partial charge in [0.2, 0.25) is 0 Å². The number of aromatic hydroxyl groups is 1. The highest BCUT2D eigenvalue weighted by Crippen LogP contribution is 2.10. The van der Waals surface area contributed by atoms with Crippen LogP contribution in [0.5, 0.6) is 5.75 Å². The van der Waals surface area contributed by atoms with Gasteiger partial charge in [-0.1, -0.05) is 18.2 Å². The maximum atomic E-state index is 11.5. The van der Waals surface area contributed by atoms with Crippen LogP contribution < -0.4 is 0 Å². The van der Waals surface area contributed by atoms with Gasteiger partial charge in [0, 0.05) is 0 Å². The van der Waals surface area contributed by atoms with Crippen LogP contribution in [0.15, 0.2) is 49.1 Å². The van der Waals surface area contributed by atoms with Gasteiger partial charge in [-0.05, 0) is 43.5 Å².